The fourth-order valence-corrected chi connectivity index (χ4v) is 2.27. The van der Waals surface area contributed by atoms with Crippen LogP contribution in [0.1, 0.15) is 0 Å². The Kier molecular flexibility index (Phi) is 3.38. The second kappa shape index (κ2) is 5.33. The monoisotopic (exact) mass is 310 g/mol. The molecule has 0 bridgehead atoms. The SMILES string of the molecule is Brc1ccc(-c2nnccc2-c2ccccc2)cc1. The fourth-order valence-electron chi connectivity index (χ4n) is 2.00. The molecule has 3 heteroatoms. The van der Waals surface area contributed by atoms with Crippen LogP contribution < -0.4 is 0 Å². The predicted octanol–water partition coefficient (Wildman–Crippen LogP) is 4.57. The van der Waals surface area contributed by atoms with Gasteiger partial charge in [0.15, 0.2) is 0 Å². The van der Waals surface area contributed by atoms with Gasteiger partial charge in [0, 0.05) is 15.6 Å². The average molecular weight is 311 g/mol. The van der Waals surface area contributed by atoms with Crippen LogP contribution in [0.4, 0.5) is 0 Å². The molecule has 1 aromatic heterocycles. The first-order valence-electron chi connectivity index (χ1n) is 5.97. The van der Waals surface area contributed by atoms with Crippen LogP contribution in [0.25, 0.3) is 22.4 Å². The third-order valence-electron chi connectivity index (χ3n) is 2.92. The molecule has 0 aliphatic heterocycles. The summed E-state index contributed by atoms with van der Waals surface area (Å²) in [6.45, 7) is 0. The van der Waals surface area contributed by atoms with Crippen molar-refractivity contribution in [1.82, 2.24) is 10.2 Å². The minimum atomic E-state index is 0.904. The number of rotatable bonds is 2. The van der Waals surface area contributed by atoms with Crippen molar-refractivity contribution in [1.29, 1.82) is 0 Å². The molecule has 19 heavy (non-hydrogen) atoms. The summed E-state index contributed by atoms with van der Waals surface area (Å²) < 4.78 is 1.06. The summed E-state index contributed by atoms with van der Waals surface area (Å²) in [6, 6.07) is 20.3. The van der Waals surface area contributed by atoms with Crippen molar-refractivity contribution in [2.45, 2.75) is 0 Å². The number of hydrogen-bond acceptors (Lipinski definition) is 2. The van der Waals surface area contributed by atoms with Crippen molar-refractivity contribution < 1.29 is 0 Å². The largest absolute Gasteiger partial charge is 0.158 e. The summed E-state index contributed by atoms with van der Waals surface area (Å²) in [6.07, 6.45) is 1.73. The van der Waals surface area contributed by atoms with Gasteiger partial charge in [0.2, 0.25) is 0 Å². The maximum Gasteiger partial charge on any atom is 0.101 e. The van der Waals surface area contributed by atoms with Crippen molar-refractivity contribution in [3.8, 4) is 22.4 Å². The Morgan fingerprint density at radius 1 is 0.737 bits per heavy atom. The molecule has 0 aliphatic rings. The van der Waals surface area contributed by atoms with Crippen molar-refractivity contribution in [3.63, 3.8) is 0 Å². The summed E-state index contributed by atoms with van der Waals surface area (Å²) in [5.41, 5.74) is 4.21. The van der Waals surface area contributed by atoms with Gasteiger partial charge in [-0.3, -0.25) is 0 Å². The molecule has 3 rings (SSSR count). The van der Waals surface area contributed by atoms with Gasteiger partial charge in [0.1, 0.15) is 5.69 Å². The van der Waals surface area contributed by atoms with Gasteiger partial charge in [-0.1, -0.05) is 58.4 Å². The molecule has 0 atom stereocenters. The zero-order valence-electron chi connectivity index (χ0n) is 10.1. The van der Waals surface area contributed by atoms with Crippen LogP contribution >= 0.6 is 15.9 Å². The van der Waals surface area contributed by atoms with E-state index in [0.717, 1.165) is 26.9 Å². The van der Waals surface area contributed by atoms with E-state index in [1.165, 1.54) is 0 Å². The lowest BCUT2D eigenvalue weighted by Gasteiger charge is -2.07. The molecule has 0 radical (unpaired) electrons. The normalized spacial score (nSPS) is 10.4. The topological polar surface area (TPSA) is 25.8 Å². The molecule has 0 saturated heterocycles. The molecule has 2 aromatic carbocycles. The van der Waals surface area contributed by atoms with Gasteiger partial charge >= 0.3 is 0 Å². The summed E-state index contributed by atoms with van der Waals surface area (Å²) in [5.74, 6) is 0. The standard InChI is InChI=1S/C16H11BrN2/c17-14-8-6-13(7-9-14)16-15(10-11-18-19-16)12-4-2-1-3-5-12/h1-11H. The lowest BCUT2D eigenvalue weighted by atomic mass is 10.0. The number of aromatic nitrogens is 2. The van der Waals surface area contributed by atoms with Crippen LogP contribution in [0, 0.1) is 0 Å². The quantitative estimate of drug-likeness (QED) is 0.692. The van der Waals surface area contributed by atoms with E-state index in [-0.39, 0.29) is 0 Å². The third kappa shape index (κ3) is 2.56. The smallest absolute Gasteiger partial charge is 0.101 e. The van der Waals surface area contributed by atoms with Gasteiger partial charge in [0.05, 0.1) is 6.20 Å². The first-order chi connectivity index (χ1) is 9.34. The van der Waals surface area contributed by atoms with Gasteiger partial charge in [-0.15, -0.1) is 5.10 Å². The maximum absolute atomic E-state index is 4.29. The highest BCUT2D eigenvalue weighted by Crippen LogP contribution is 2.29. The minimum Gasteiger partial charge on any atom is -0.158 e. The van der Waals surface area contributed by atoms with Crippen molar-refractivity contribution in [3.05, 3.63) is 71.3 Å². The first kappa shape index (κ1) is 12.1. The minimum absolute atomic E-state index is 0.904. The van der Waals surface area contributed by atoms with Crippen LogP contribution in [-0.2, 0) is 0 Å². The van der Waals surface area contributed by atoms with Crippen molar-refractivity contribution in [2.75, 3.05) is 0 Å². The Morgan fingerprint density at radius 3 is 2.21 bits per heavy atom. The van der Waals surface area contributed by atoms with E-state index in [1.54, 1.807) is 6.20 Å². The zero-order valence-corrected chi connectivity index (χ0v) is 11.7. The second-order valence-electron chi connectivity index (χ2n) is 4.17. The lowest BCUT2D eigenvalue weighted by Crippen LogP contribution is -1.91. The van der Waals surface area contributed by atoms with Crippen molar-refractivity contribution in [2.24, 2.45) is 0 Å². The summed E-state index contributed by atoms with van der Waals surface area (Å²) in [4.78, 5) is 0. The molecule has 2 nitrogen and oxygen atoms in total. The number of hydrogen-bond donors (Lipinski definition) is 0. The molecule has 0 fully saturated rings. The second-order valence-corrected chi connectivity index (χ2v) is 5.08. The molecule has 1 heterocycles. The van der Waals surface area contributed by atoms with Crippen LogP contribution in [0.2, 0.25) is 0 Å². The highest BCUT2D eigenvalue weighted by atomic mass is 79.9. The Morgan fingerprint density at radius 2 is 1.47 bits per heavy atom. The van der Waals surface area contributed by atoms with Crippen LogP contribution in [0.5, 0.6) is 0 Å². The van der Waals surface area contributed by atoms with E-state index in [0.29, 0.717) is 0 Å². The predicted molar refractivity (Wildman–Crippen MR) is 80.6 cm³/mol. The van der Waals surface area contributed by atoms with Crippen LogP contribution in [-0.4, -0.2) is 10.2 Å². The zero-order chi connectivity index (χ0) is 13.1. The number of halogens is 1. The number of nitrogens with zero attached hydrogens (tertiary/aromatic N) is 2. The van der Waals surface area contributed by atoms with E-state index >= 15 is 0 Å². The summed E-state index contributed by atoms with van der Waals surface area (Å²) >= 11 is 3.45. The van der Waals surface area contributed by atoms with Gasteiger partial charge < -0.3 is 0 Å². The van der Waals surface area contributed by atoms with Gasteiger partial charge in [-0.25, -0.2) is 0 Å². The van der Waals surface area contributed by atoms with Gasteiger partial charge in [0.25, 0.3) is 0 Å². The highest BCUT2D eigenvalue weighted by molar-refractivity contribution is 9.10. The average Bonchev–Trinajstić information content (AvgIpc) is 2.49. The van der Waals surface area contributed by atoms with Crippen molar-refractivity contribution >= 4 is 15.9 Å². The summed E-state index contributed by atoms with van der Waals surface area (Å²) in [7, 11) is 0. The van der Waals surface area contributed by atoms with E-state index in [1.807, 2.05) is 48.5 Å². The Balaban J connectivity index is 2.15. The van der Waals surface area contributed by atoms with E-state index in [4.69, 9.17) is 0 Å². The fraction of sp³-hybridized carbons (Fsp3) is 0. The van der Waals surface area contributed by atoms with E-state index < -0.39 is 0 Å². The van der Waals surface area contributed by atoms with Gasteiger partial charge in [-0.2, -0.15) is 5.10 Å². The van der Waals surface area contributed by atoms with Gasteiger partial charge in [-0.05, 0) is 23.8 Å². The Bertz CT molecular complexity index is 679. The van der Waals surface area contributed by atoms with Crippen LogP contribution in [0.15, 0.2) is 71.3 Å². The molecular weight excluding hydrogens is 300 g/mol. The first-order valence-corrected chi connectivity index (χ1v) is 6.77. The molecule has 0 aliphatic carbocycles. The third-order valence-corrected chi connectivity index (χ3v) is 3.45. The number of benzene rings is 2. The Labute approximate surface area is 120 Å². The molecular formula is C16H11BrN2. The molecule has 92 valence electrons. The lowest BCUT2D eigenvalue weighted by molar-refractivity contribution is 1.04. The molecule has 0 spiro atoms. The van der Waals surface area contributed by atoms with E-state index in [9.17, 15) is 0 Å². The molecule has 3 aromatic rings. The Hall–Kier alpha value is -2.00. The highest BCUT2D eigenvalue weighted by Gasteiger charge is 2.08. The molecule has 0 saturated carbocycles. The maximum atomic E-state index is 4.29. The van der Waals surface area contributed by atoms with E-state index in [2.05, 4.69) is 38.3 Å². The molecule has 0 unspecified atom stereocenters. The van der Waals surface area contributed by atoms with Crippen LogP contribution in [0.3, 0.4) is 0 Å². The summed E-state index contributed by atoms with van der Waals surface area (Å²) in [5, 5.41) is 8.30. The molecule has 0 amide bonds. The molecule has 0 N–H and O–H groups in total.